The largest absolute Gasteiger partial charge is 0.320 e. The average Bonchev–Trinajstić information content (AvgIpc) is 2.41. The fourth-order valence-electron chi connectivity index (χ4n) is 2.40. The summed E-state index contributed by atoms with van der Waals surface area (Å²) in [7, 11) is 0. The summed E-state index contributed by atoms with van der Waals surface area (Å²) in [6, 6.07) is 7.87. The zero-order valence-electron chi connectivity index (χ0n) is 12.3. The van der Waals surface area contributed by atoms with Gasteiger partial charge in [0.1, 0.15) is 5.82 Å². The molecule has 2 aromatic carbocycles. The van der Waals surface area contributed by atoms with E-state index in [-0.39, 0.29) is 11.0 Å². The van der Waals surface area contributed by atoms with Gasteiger partial charge in [0.15, 0.2) is 11.6 Å². The van der Waals surface area contributed by atoms with E-state index in [1.807, 2.05) is 32.9 Å². The van der Waals surface area contributed by atoms with Crippen LogP contribution < -0.4 is 5.73 Å². The van der Waals surface area contributed by atoms with Gasteiger partial charge in [-0.1, -0.05) is 45.0 Å². The molecule has 0 aromatic heterocycles. The van der Waals surface area contributed by atoms with Gasteiger partial charge in [-0.2, -0.15) is 0 Å². The third-order valence-electron chi connectivity index (χ3n) is 3.48. The topological polar surface area (TPSA) is 26.0 Å². The van der Waals surface area contributed by atoms with E-state index in [9.17, 15) is 13.2 Å². The van der Waals surface area contributed by atoms with Gasteiger partial charge in [-0.25, -0.2) is 13.2 Å². The molecule has 0 radical (unpaired) electrons. The molecule has 1 nitrogen and oxygen atoms in total. The predicted octanol–water partition coefficient (Wildman–Crippen LogP) is 4.45. The first-order valence-corrected chi connectivity index (χ1v) is 6.71. The molecule has 2 N–H and O–H groups in total. The second kappa shape index (κ2) is 5.53. The zero-order chi connectivity index (χ0) is 15.8. The molecule has 1 atom stereocenters. The maximum Gasteiger partial charge on any atom is 0.161 e. The van der Waals surface area contributed by atoms with Crippen LogP contribution in [0, 0.1) is 17.5 Å². The SMILES string of the molecule is CC(C)(C)c1ccccc1C(N)c1cc(F)c(F)cc1F. The Morgan fingerprint density at radius 1 is 0.857 bits per heavy atom. The van der Waals surface area contributed by atoms with E-state index in [0.29, 0.717) is 11.6 Å². The number of rotatable bonds is 2. The summed E-state index contributed by atoms with van der Waals surface area (Å²) in [6.45, 7) is 6.04. The minimum Gasteiger partial charge on any atom is -0.320 e. The van der Waals surface area contributed by atoms with Crippen molar-refractivity contribution >= 4 is 0 Å². The minimum absolute atomic E-state index is 0.0504. The van der Waals surface area contributed by atoms with E-state index < -0.39 is 23.5 Å². The van der Waals surface area contributed by atoms with Crippen molar-refractivity contribution in [2.75, 3.05) is 0 Å². The van der Waals surface area contributed by atoms with Crippen molar-refractivity contribution in [1.29, 1.82) is 0 Å². The van der Waals surface area contributed by atoms with E-state index in [4.69, 9.17) is 5.73 Å². The Kier molecular flexibility index (Phi) is 4.10. The summed E-state index contributed by atoms with van der Waals surface area (Å²) >= 11 is 0. The molecule has 0 heterocycles. The van der Waals surface area contributed by atoms with E-state index in [0.717, 1.165) is 11.6 Å². The van der Waals surface area contributed by atoms with E-state index in [1.54, 1.807) is 12.1 Å². The molecule has 2 aromatic rings. The Morgan fingerprint density at radius 3 is 2.05 bits per heavy atom. The van der Waals surface area contributed by atoms with Crippen LogP contribution in [0.2, 0.25) is 0 Å². The Hall–Kier alpha value is -1.81. The van der Waals surface area contributed by atoms with Gasteiger partial charge in [0.05, 0.1) is 6.04 Å². The van der Waals surface area contributed by atoms with Crippen LogP contribution in [0.15, 0.2) is 36.4 Å². The van der Waals surface area contributed by atoms with Crippen LogP contribution in [0.1, 0.15) is 43.5 Å². The number of nitrogens with two attached hydrogens (primary N) is 1. The average molecular weight is 293 g/mol. The van der Waals surface area contributed by atoms with Gasteiger partial charge >= 0.3 is 0 Å². The Balaban J connectivity index is 2.56. The molecule has 0 fully saturated rings. The van der Waals surface area contributed by atoms with Gasteiger partial charge < -0.3 is 5.73 Å². The van der Waals surface area contributed by atoms with E-state index in [1.165, 1.54) is 0 Å². The Bertz CT molecular complexity index is 660. The fourth-order valence-corrected chi connectivity index (χ4v) is 2.40. The normalized spacial score (nSPS) is 13.3. The summed E-state index contributed by atoms with van der Waals surface area (Å²) in [6.07, 6.45) is 0. The highest BCUT2D eigenvalue weighted by Crippen LogP contribution is 2.32. The van der Waals surface area contributed by atoms with Crippen molar-refractivity contribution in [3.8, 4) is 0 Å². The minimum atomic E-state index is -1.22. The van der Waals surface area contributed by atoms with Crippen molar-refractivity contribution in [2.24, 2.45) is 5.73 Å². The lowest BCUT2D eigenvalue weighted by atomic mass is 9.80. The van der Waals surface area contributed by atoms with E-state index >= 15 is 0 Å². The highest BCUT2D eigenvalue weighted by atomic mass is 19.2. The van der Waals surface area contributed by atoms with Crippen molar-refractivity contribution < 1.29 is 13.2 Å². The van der Waals surface area contributed by atoms with Gasteiger partial charge in [-0.15, -0.1) is 0 Å². The molecule has 21 heavy (non-hydrogen) atoms. The smallest absolute Gasteiger partial charge is 0.161 e. The van der Waals surface area contributed by atoms with Crippen LogP contribution in [0.4, 0.5) is 13.2 Å². The van der Waals surface area contributed by atoms with E-state index in [2.05, 4.69) is 0 Å². The van der Waals surface area contributed by atoms with Crippen LogP contribution in [-0.2, 0) is 5.41 Å². The van der Waals surface area contributed by atoms with Gasteiger partial charge in [0, 0.05) is 11.6 Å². The molecule has 2 rings (SSSR count). The molecule has 0 spiro atoms. The summed E-state index contributed by atoms with van der Waals surface area (Å²) in [5.41, 5.74) is 7.51. The molecular formula is C17H18F3N. The molecule has 0 saturated carbocycles. The summed E-state index contributed by atoms with van der Waals surface area (Å²) in [5, 5.41) is 0. The lowest BCUT2D eigenvalue weighted by Gasteiger charge is -2.26. The van der Waals surface area contributed by atoms with Gasteiger partial charge in [0.2, 0.25) is 0 Å². The molecule has 0 aliphatic heterocycles. The molecule has 4 heteroatoms. The number of halogens is 3. The van der Waals surface area contributed by atoms with Gasteiger partial charge in [-0.3, -0.25) is 0 Å². The maximum absolute atomic E-state index is 13.9. The van der Waals surface area contributed by atoms with Crippen molar-refractivity contribution in [3.63, 3.8) is 0 Å². The van der Waals surface area contributed by atoms with Crippen LogP contribution in [0.3, 0.4) is 0 Å². The second-order valence-electron chi connectivity index (χ2n) is 6.10. The summed E-state index contributed by atoms with van der Waals surface area (Å²) in [4.78, 5) is 0. The monoisotopic (exact) mass is 293 g/mol. The molecule has 1 unspecified atom stereocenters. The summed E-state index contributed by atoms with van der Waals surface area (Å²) < 4.78 is 40.3. The number of hydrogen-bond donors (Lipinski definition) is 1. The number of hydrogen-bond acceptors (Lipinski definition) is 1. The highest BCUT2D eigenvalue weighted by molar-refractivity contribution is 5.41. The molecular weight excluding hydrogens is 275 g/mol. The lowest BCUT2D eigenvalue weighted by molar-refractivity contribution is 0.487. The van der Waals surface area contributed by atoms with Crippen molar-refractivity contribution in [3.05, 3.63) is 70.5 Å². The Morgan fingerprint density at radius 2 is 1.43 bits per heavy atom. The first kappa shape index (κ1) is 15.6. The third-order valence-corrected chi connectivity index (χ3v) is 3.48. The van der Waals surface area contributed by atoms with Gasteiger partial charge in [-0.05, 0) is 22.6 Å². The molecule has 0 aliphatic carbocycles. The first-order chi connectivity index (χ1) is 9.71. The van der Waals surface area contributed by atoms with Crippen LogP contribution in [0.25, 0.3) is 0 Å². The third kappa shape index (κ3) is 3.10. The fraction of sp³-hybridized carbons (Fsp3) is 0.294. The molecule has 112 valence electrons. The lowest BCUT2D eigenvalue weighted by Crippen LogP contribution is -2.21. The molecule has 0 saturated heterocycles. The maximum atomic E-state index is 13.9. The van der Waals surface area contributed by atoms with Crippen molar-refractivity contribution in [1.82, 2.24) is 0 Å². The van der Waals surface area contributed by atoms with Crippen LogP contribution in [-0.4, -0.2) is 0 Å². The quantitative estimate of drug-likeness (QED) is 0.813. The first-order valence-electron chi connectivity index (χ1n) is 6.71. The molecule has 0 bridgehead atoms. The van der Waals surface area contributed by atoms with Crippen LogP contribution >= 0.6 is 0 Å². The van der Waals surface area contributed by atoms with Crippen LogP contribution in [0.5, 0.6) is 0 Å². The second-order valence-corrected chi connectivity index (χ2v) is 6.10. The highest BCUT2D eigenvalue weighted by Gasteiger charge is 2.24. The Labute approximate surface area is 122 Å². The van der Waals surface area contributed by atoms with Crippen molar-refractivity contribution in [2.45, 2.75) is 32.2 Å². The van der Waals surface area contributed by atoms with Gasteiger partial charge in [0.25, 0.3) is 0 Å². The summed E-state index contributed by atoms with van der Waals surface area (Å²) in [5.74, 6) is -3.16. The number of benzene rings is 2. The molecule has 0 aliphatic rings. The standard InChI is InChI=1S/C17H18F3N/c1-17(2,3)12-7-5-4-6-10(12)16(21)11-8-14(19)15(20)9-13(11)18/h4-9,16H,21H2,1-3H3. The predicted molar refractivity (Wildman–Crippen MR) is 77.5 cm³/mol. The zero-order valence-corrected chi connectivity index (χ0v) is 12.3. The molecule has 0 amide bonds.